The number of anilines is 2. The van der Waals surface area contributed by atoms with Gasteiger partial charge in [-0.05, 0) is 85.0 Å². The first kappa shape index (κ1) is 21.2. The van der Waals surface area contributed by atoms with Crippen LogP contribution in [0.3, 0.4) is 0 Å². The van der Waals surface area contributed by atoms with Gasteiger partial charge in [0, 0.05) is 49.2 Å². The van der Waals surface area contributed by atoms with Gasteiger partial charge in [-0.3, -0.25) is 4.98 Å². The summed E-state index contributed by atoms with van der Waals surface area (Å²) < 4.78 is 15.7. The molecule has 0 unspecified atom stereocenters. The minimum Gasteiger partial charge on any atom is -0.378 e. The number of hydrogen-bond acceptors (Lipinski definition) is 3. The minimum atomic E-state index is -0.259. The van der Waals surface area contributed by atoms with Crippen molar-refractivity contribution < 1.29 is 4.39 Å². The van der Waals surface area contributed by atoms with Gasteiger partial charge in [0.1, 0.15) is 11.9 Å². The van der Waals surface area contributed by atoms with Crippen LogP contribution in [0.1, 0.15) is 23.5 Å². The minimum absolute atomic E-state index is 0.152. The first-order chi connectivity index (χ1) is 16.0. The number of thiocarbonyl (C=S) groups is 1. The lowest BCUT2D eigenvalue weighted by Gasteiger charge is -2.29. The molecule has 5 rings (SSSR count). The molecular weight excluding hydrogens is 433 g/mol. The third kappa shape index (κ3) is 3.96. The molecule has 5 nitrogen and oxygen atoms in total. The molecule has 1 aliphatic rings. The van der Waals surface area contributed by atoms with E-state index < -0.39 is 0 Å². The number of hydrogen-bond donors (Lipinski definition) is 1. The van der Waals surface area contributed by atoms with E-state index in [9.17, 15) is 4.39 Å². The standard InChI is InChI=1S/C26H24FN5S/c1-30(2)19-12-14-21(15-13-19)32-25(24(29-26(32)33)22-6-3-4-16-28-22)23-7-5-17-31(23)20-10-8-18(27)9-11-20/h3-17,24-25H,1-2H3,(H,29,33)/t24-,25+/m1/s1. The van der Waals surface area contributed by atoms with Crippen molar-refractivity contribution in [3.8, 4) is 5.69 Å². The van der Waals surface area contributed by atoms with Crippen LogP contribution in [0.4, 0.5) is 15.8 Å². The van der Waals surface area contributed by atoms with Crippen molar-refractivity contribution in [2.75, 3.05) is 23.9 Å². The zero-order valence-electron chi connectivity index (χ0n) is 18.4. The average Bonchev–Trinajstić information content (AvgIpc) is 3.44. The fraction of sp³-hybridized carbons (Fsp3) is 0.154. The lowest BCUT2D eigenvalue weighted by molar-refractivity contribution is 0.549. The molecule has 2 aromatic carbocycles. The van der Waals surface area contributed by atoms with E-state index in [4.69, 9.17) is 12.2 Å². The van der Waals surface area contributed by atoms with E-state index in [1.165, 1.54) is 12.1 Å². The lowest BCUT2D eigenvalue weighted by Crippen LogP contribution is -2.30. The third-order valence-electron chi connectivity index (χ3n) is 5.93. The molecule has 2 aromatic heterocycles. The van der Waals surface area contributed by atoms with E-state index >= 15 is 0 Å². The Hall–Kier alpha value is -3.71. The normalized spacial score (nSPS) is 17.8. The highest BCUT2D eigenvalue weighted by molar-refractivity contribution is 7.80. The Labute approximate surface area is 198 Å². The van der Waals surface area contributed by atoms with E-state index in [1.807, 2.05) is 44.6 Å². The van der Waals surface area contributed by atoms with Gasteiger partial charge in [0.25, 0.3) is 0 Å². The molecular formula is C26H24FN5S. The van der Waals surface area contributed by atoms with Gasteiger partial charge >= 0.3 is 0 Å². The summed E-state index contributed by atoms with van der Waals surface area (Å²) in [6.45, 7) is 0. The second-order valence-electron chi connectivity index (χ2n) is 8.19. The van der Waals surface area contributed by atoms with Crippen molar-refractivity contribution in [1.82, 2.24) is 14.9 Å². The largest absolute Gasteiger partial charge is 0.378 e. The van der Waals surface area contributed by atoms with Crippen LogP contribution in [0.5, 0.6) is 0 Å². The zero-order chi connectivity index (χ0) is 22.9. The van der Waals surface area contributed by atoms with Gasteiger partial charge in [-0.15, -0.1) is 0 Å². The van der Waals surface area contributed by atoms with Gasteiger partial charge in [-0.2, -0.15) is 0 Å². The van der Waals surface area contributed by atoms with E-state index in [-0.39, 0.29) is 17.9 Å². The highest BCUT2D eigenvalue weighted by Crippen LogP contribution is 2.42. The fourth-order valence-electron chi connectivity index (χ4n) is 4.32. The molecule has 1 fully saturated rings. The molecule has 1 N–H and O–H groups in total. The molecule has 0 saturated carbocycles. The number of benzene rings is 2. The molecule has 166 valence electrons. The number of pyridine rings is 1. The lowest BCUT2D eigenvalue weighted by atomic mass is 10.0. The maximum atomic E-state index is 13.6. The highest BCUT2D eigenvalue weighted by Gasteiger charge is 2.42. The van der Waals surface area contributed by atoms with E-state index in [2.05, 4.69) is 55.0 Å². The van der Waals surface area contributed by atoms with Crippen molar-refractivity contribution >= 4 is 28.7 Å². The van der Waals surface area contributed by atoms with Crippen LogP contribution in [0.15, 0.2) is 91.3 Å². The van der Waals surface area contributed by atoms with Crippen LogP contribution in [-0.4, -0.2) is 28.8 Å². The van der Waals surface area contributed by atoms with E-state index in [1.54, 1.807) is 18.3 Å². The Bertz CT molecular complexity index is 1250. The Morgan fingerprint density at radius 2 is 1.64 bits per heavy atom. The van der Waals surface area contributed by atoms with Crippen LogP contribution >= 0.6 is 12.2 Å². The summed E-state index contributed by atoms with van der Waals surface area (Å²) in [5.41, 5.74) is 4.93. The molecule has 7 heteroatoms. The molecule has 1 saturated heterocycles. The van der Waals surface area contributed by atoms with Crippen molar-refractivity contribution in [2.24, 2.45) is 0 Å². The number of halogens is 1. The van der Waals surface area contributed by atoms with Gasteiger partial charge in [0.15, 0.2) is 5.11 Å². The molecule has 4 aromatic rings. The third-order valence-corrected chi connectivity index (χ3v) is 6.25. The first-order valence-corrected chi connectivity index (χ1v) is 11.1. The molecule has 1 aliphatic heterocycles. The summed E-state index contributed by atoms with van der Waals surface area (Å²) in [5, 5.41) is 4.13. The van der Waals surface area contributed by atoms with Gasteiger partial charge in [-0.1, -0.05) is 6.07 Å². The van der Waals surface area contributed by atoms with E-state index in [0.717, 1.165) is 28.5 Å². The van der Waals surface area contributed by atoms with Gasteiger partial charge in [0.2, 0.25) is 0 Å². The predicted molar refractivity (Wildman–Crippen MR) is 134 cm³/mol. The average molecular weight is 458 g/mol. The smallest absolute Gasteiger partial charge is 0.174 e. The van der Waals surface area contributed by atoms with Gasteiger partial charge in [0.05, 0.1) is 11.7 Å². The molecule has 0 amide bonds. The van der Waals surface area contributed by atoms with Crippen LogP contribution in [-0.2, 0) is 0 Å². The quantitative estimate of drug-likeness (QED) is 0.414. The monoisotopic (exact) mass is 457 g/mol. The zero-order valence-corrected chi connectivity index (χ0v) is 19.2. The van der Waals surface area contributed by atoms with Crippen LogP contribution in [0.2, 0.25) is 0 Å². The van der Waals surface area contributed by atoms with Crippen LogP contribution in [0, 0.1) is 5.82 Å². The molecule has 0 aliphatic carbocycles. The topological polar surface area (TPSA) is 36.3 Å². The summed E-state index contributed by atoms with van der Waals surface area (Å²) in [6.07, 6.45) is 3.79. The molecule has 0 spiro atoms. The summed E-state index contributed by atoms with van der Waals surface area (Å²) in [4.78, 5) is 8.83. The van der Waals surface area contributed by atoms with Crippen LogP contribution < -0.4 is 15.1 Å². The Morgan fingerprint density at radius 3 is 2.30 bits per heavy atom. The predicted octanol–water partition coefficient (Wildman–Crippen LogP) is 5.25. The maximum absolute atomic E-state index is 13.6. The second-order valence-corrected chi connectivity index (χ2v) is 8.57. The van der Waals surface area contributed by atoms with Gasteiger partial charge < -0.3 is 19.7 Å². The van der Waals surface area contributed by atoms with Crippen molar-refractivity contribution in [3.63, 3.8) is 0 Å². The molecule has 0 bridgehead atoms. The highest BCUT2D eigenvalue weighted by atomic mass is 32.1. The summed E-state index contributed by atoms with van der Waals surface area (Å²) in [7, 11) is 4.04. The Kier molecular flexibility index (Phi) is 5.56. The fourth-order valence-corrected chi connectivity index (χ4v) is 4.66. The number of nitrogens with zero attached hydrogens (tertiary/aromatic N) is 4. The number of rotatable bonds is 5. The Morgan fingerprint density at radius 1 is 0.909 bits per heavy atom. The number of nitrogens with one attached hydrogen (secondary N) is 1. The first-order valence-electron chi connectivity index (χ1n) is 10.7. The van der Waals surface area contributed by atoms with Crippen molar-refractivity contribution in [2.45, 2.75) is 12.1 Å². The number of aromatic nitrogens is 2. The second kappa shape index (κ2) is 8.67. The molecule has 2 atom stereocenters. The van der Waals surface area contributed by atoms with Gasteiger partial charge in [-0.25, -0.2) is 4.39 Å². The maximum Gasteiger partial charge on any atom is 0.174 e. The molecule has 3 heterocycles. The summed E-state index contributed by atoms with van der Waals surface area (Å²) >= 11 is 5.83. The molecule has 0 radical (unpaired) electrons. The van der Waals surface area contributed by atoms with Crippen molar-refractivity contribution in [1.29, 1.82) is 0 Å². The Balaban J connectivity index is 1.63. The summed E-state index contributed by atoms with van der Waals surface area (Å²) in [5.74, 6) is -0.259. The van der Waals surface area contributed by atoms with Crippen molar-refractivity contribution in [3.05, 3.63) is 108 Å². The van der Waals surface area contributed by atoms with E-state index in [0.29, 0.717) is 5.11 Å². The summed E-state index contributed by atoms with van der Waals surface area (Å²) in [6, 6.07) is 24.5. The SMILES string of the molecule is CN(C)c1ccc(N2C(=S)N[C@H](c3ccccn3)[C@@H]2c2cccn2-c2ccc(F)cc2)cc1. The molecule has 33 heavy (non-hydrogen) atoms. The van der Waals surface area contributed by atoms with Crippen LogP contribution in [0.25, 0.3) is 5.69 Å².